The van der Waals surface area contributed by atoms with E-state index >= 15 is 0 Å². The summed E-state index contributed by atoms with van der Waals surface area (Å²) in [5.41, 5.74) is 3.62. The second-order valence-corrected chi connectivity index (χ2v) is 8.50. The predicted molar refractivity (Wildman–Crippen MR) is 139 cm³/mol. The maximum atomic E-state index is 13.2. The zero-order chi connectivity index (χ0) is 25.8. The van der Waals surface area contributed by atoms with Gasteiger partial charge in [-0.3, -0.25) is 9.89 Å². The molecule has 37 heavy (non-hydrogen) atoms. The Morgan fingerprint density at radius 1 is 0.811 bits per heavy atom. The molecule has 0 saturated carbocycles. The average Bonchev–Trinajstić information content (AvgIpc) is 3.47. The van der Waals surface area contributed by atoms with Crippen molar-refractivity contribution in [3.05, 3.63) is 66.6 Å². The molecule has 1 fully saturated rings. The number of nitrogens with one attached hydrogen (secondary N) is 1. The number of amides is 1. The minimum atomic E-state index is -0.0955. The van der Waals surface area contributed by atoms with Crippen LogP contribution in [0.2, 0.25) is 0 Å². The van der Waals surface area contributed by atoms with Crippen LogP contribution in [0, 0.1) is 0 Å². The predicted octanol–water partition coefficient (Wildman–Crippen LogP) is 3.52. The Kier molecular flexibility index (Phi) is 6.89. The summed E-state index contributed by atoms with van der Waals surface area (Å²) >= 11 is 0. The average molecular weight is 501 g/mol. The maximum absolute atomic E-state index is 13.2. The highest BCUT2D eigenvalue weighted by molar-refractivity contribution is 5.93. The number of anilines is 1. The molecule has 0 bridgehead atoms. The van der Waals surface area contributed by atoms with Crippen LogP contribution in [0.1, 0.15) is 10.5 Å². The van der Waals surface area contributed by atoms with Crippen molar-refractivity contribution in [1.82, 2.24) is 25.1 Å². The molecule has 10 nitrogen and oxygen atoms in total. The van der Waals surface area contributed by atoms with Gasteiger partial charge in [0.25, 0.3) is 5.91 Å². The van der Waals surface area contributed by atoms with Crippen LogP contribution in [-0.4, -0.2) is 78.5 Å². The van der Waals surface area contributed by atoms with Gasteiger partial charge in [0, 0.05) is 43.4 Å². The third-order valence-electron chi connectivity index (χ3n) is 6.42. The molecule has 1 saturated heterocycles. The van der Waals surface area contributed by atoms with E-state index in [0.717, 1.165) is 28.4 Å². The van der Waals surface area contributed by atoms with Crippen LogP contribution < -0.4 is 19.1 Å². The molecule has 1 N–H and O–H groups in total. The van der Waals surface area contributed by atoms with Gasteiger partial charge >= 0.3 is 0 Å². The molecule has 1 amide bonds. The van der Waals surface area contributed by atoms with Crippen molar-refractivity contribution >= 4 is 11.7 Å². The first-order chi connectivity index (χ1) is 18.1. The van der Waals surface area contributed by atoms with Gasteiger partial charge in [-0.15, -0.1) is 0 Å². The number of piperazine rings is 1. The Morgan fingerprint density at radius 2 is 1.54 bits per heavy atom. The van der Waals surface area contributed by atoms with Crippen LogP contribution in [0.25, 0.3) is 22.5 Å². The summed E-state index contributed by atoms with van der Waals surface area (Å²) < 4.78 is 16.0. The highest BCUT2D eigenvalue weighted by Gasteiger charge is 2.25. The van der Waals surface area contributed by atoms with Gasteiger partial charge in [-0.2, -0.15) is 5.10 Å². The van der Waals surface area contributed by atoms with Gasteiger partial charge in [-0.25, -0.2) is 9.97 Å². The Bertz CT molecular complexity index is 1380. The highest BCUT2D eigenvalue weighted by atomic mass is 16.5. The van der Waals surface area contributed by atoms with E-state index in [1.165, 1.54) is 0 Å². The molecule has 2 aromatic carbocycles. The van der Waals surface area contributed by atoms with Crippen LogP contribution in [0.15, 0.2) is 60.9 Å². The second-order valence-electron chi connectivity index (χ2n) is 8.50. The number of H-pyrrole nitrogens is 1. The van der Waals surface area contributed by atoms with Gasteiger partial charge in [0.1, 0.15) is 35.1 Å². The van der Waals surface area contributed by atoms with Crippen LogP contribution in [0.3, 0.4) is 0 Å². The number of hydrogen-bond donors (Lipinski definition) is 1. The lowest BCUT2D eigenvalue weighted by Crippen LogP contribution is -2.49. The molecule has 4 aromatic rings. The lowest BCUT2D eigenvalue weighted by Gasteiger charge is -2.35. The normalized spacial score (nSPS) is 13.4. The van der Waals surface area contributed by atoms with Crippen molar-refractivity contribution in [3.63, 3.8) is 0 Å². The summed E-state index contributed by atoms with van der Waals surface area (Å²) in [7, 11) is 4.85. The number of ether oxygens (including phenoxy) is 3. The minimum Gasteiger partial charge on any atom is -0.497 e. The van der Waals surface area contributed by atoms with Crippen molar-refractivity contribution in [2.75, 3.05) is 52.4 Å². The van der Waals surface area contributed by atoms with E-state index in [-0.39, 0.29) is 5.91 Å². The molecule has 0 unspecified atom stereocenters. The largest absolute Gasteiger partial charge is 0.497 e. The number of aromatic amines is 1. The van der Waals surface area contributed by atoms with E-state index in [1.807, 2.05) is 53.4 Å². The monoisotopic (exact) mass is 500 g/mol. The lowest BCUT2D eigenvalue weighted by atomic mass is 10.1. The number of nitrogens with zero attached hydrogens (tertiary/aromatic N) is 5. The van der Waals surface area contributed by atoms with Crippen molar-refractivity contribution in [2.45, 2.75) is 0 Å². The summed E-state index contributed by atoms with van der Waals surface area (Å²) in [6.45, 7) is 2.46. The topological polar surface area (TPSA) is 106 Å². The first-order valence-corrected chi connectivity index (χ1v) is 11.9. The van der Waals surface area contributed by atoms with Crippen LogP contribution in [0.4, 0.5) is 5.82 Å². The molecular formula is C27H28N6O4. The summed E-state index contributed by atoms with van der Waals surface area (Å²) in [6.07, 6.45) is 1.57. The molecule has 10 heteroatoms. The molecule has 5 rings (SSSR count). The van der Waals surface area contributed by atoms with E-state index in [2.05, 4.69) is 25.1 Å². The molecule has 0 spiro atoms. The van der Waals surface area contributed by atoms with E-state index in [9.17, 15) is 4.79 Å². The SMILES string of the molecule is COc1ccc(-c2cc(N3CCN(C(=O)c4cc(-c5cc(OC)ccc5OC)n[nH]4)CC3)ncn2)cc1. The molecule has 3 heterocycles. The fraction of sp³-hybridized carbons (Fsp3) is 0.259. The summed E-state index contributed by atoms with van der Waals surface area (Å²) in [5, 5.41) is 7.24. The number of rotatable bonds is 7. The molecule has 1 aliphatic heterocycles. The van der Waals surface area contributed by atoms with Gasteiger partial charge in [-0.05, 0) is 48.5 Å². The summed E-state index contributed by atoms with van der Waals surface area (Å²) in [5.74, 6) is 2.87. The molecule has 0 atom stereocenters. The maximum Gasteiger partial charge on any atom is 0.272 e. The zero-order valence-corrected chi connectivity index (χ0v) is 21.0. The number of aromatic nitrogens is 4. The van der Waals surface area contributed by atoms with Crippen molar-refractivity contribution in [1.29, 1.82) is 0 Å². The third kappa shape index (κ3) is 5.04. The Morgan fingerprint density at radius 3 is 2.24 bits per heavy atom. The minimum absolute atomic E-state index is 0.0955. The first-order valence-electron chi connectivity index (χ1n) is 11.9. The smallest absolute Gasteiger partial charge is 0.272 e. The Labute approximate surface area is 214 Å². The molecule has 190 valence electrons. The standard InChI is InChI=1S/C27H28N6O4/c1-35-19-6-4-18(5-7-19)22-16-26(29-17-28-22)32-10-12-33(13-11-32)27(34)24-15-23(30-31-24)21-14-20(36-2)8-9-25(21)37-3/h4-9,14-17H,10-13H2,1-3H3,(H,30,31). The van der Waals surface area contributed by atoms with Gasteiger partial charge in [0.2, 0.25) is 0 Å². The van der Waals surface area contributed by atoms with Crippen molar-refractivity contribution < 1.29 is 19.0 Å². The van der Waals surface area contributed by atoms with Gasteiger partial charge < -0.3 is 24.0 Å². The number of carbonyl (C=O) groups excluding carboxylic acids is 1. The Hall–Kier alpha value is -4.60. The van der Waals surface area contributed by atoms with Gasteiger partial charge in [0.05, 0.1) is 32.7 Å². The molecule has 2 aromatic heterocycles. The van der Waals surface area contributed by atoms with Crippen molar-refractivity contribution in [3.8, 4) is 39.8 Å². The highest BCUT2D eigenvalue weighted by Crippen LogP contribution is 2.33. The second kappa shape index (κ2) is 10.6. The zero-order valence-electron chi connectivity index (χ0n) is 21.0. The van der Waals surface area contributed by atoms with Gasteiger partial charge in [-0.1, -0.05) is 0 Å². The molecule has 0 radical (unpaired) electrons. The van der Waals surface area contributed by atoms with E-state index in [4.69, 9.17) is 14.2 Å². The summed E-state index contributed by atoms with van der Waals surface area (Å²) in [6, 6.07) is 17.0. The quantitative estimate of drug-likeness (QED) is 0.411. The fourth-order valence-electron chi connectivity index (χ4n) is 4.33. The first kappa shape index (κ1) is 24.1. The van der Waals surface area contributed by atoms with Crippen LogP contribution >= 0.6 is 0 Å². The van der Waals surface area contributed by atoms with E-state index in [1.54, 1.807) is 33.7 Å². The Balaban J connectivity index is 1.25. The molecule has 1 aliphatic rings. The van der Waals surface area contributed by atoms with Crippen LogP contribution in [-0.2, 0) is 0 Å². The molecule has 0 aliphatic carbocycles. The number of carbonyl (C=O) groups is 1. The number of methoxy groups -OCH3 is 3. The van der Waals surface area contributed by atoms with Crippen LogP contribution in [0.5, 0.6) is 17.2 Å². The van der Waals surface area contributed by atoms with Gasteiger partial charge in [0.15, 0.2) is 0 Å². The van der Waals surface area contributed by atoms with Crippen molar-refractivity contribution in [2.24, 2.45) is 0 Å². The summed E-state index contributed by atoms with van der Waals surface area (Å²) in [4.78, 5) is 26.1. The van der Waals surface area contributed by atoms with E-state index < -0.39 is 0 Å². The number of hydrogen-bond acceptors (Lipinski definition) is 8. The number of benzene rings is 2. The lowest BCUT2D eigenvalue weighted by molar-refractivity contribution is 0.0740. The molecular weight excluding hydrogens is 472 g/mol. The van der Waals surface area contributed by atoms with E-state index in [0.29, 0.717) is 49.1 Å². The third-order valence-corrected chi connectivity index (χ3v) is 6.42. The fourth-order valence-corrected chi connectivity index (χ4v) is 4.33.